The molecule has 1 aliphatic rings. The molecular weight excluding hydrogens is 372 g/mol. The molecule has 2 N–H and O–H groups in total. The fourth-order valence-electron chi connectivity index (χ4n) is 3.29. The van der Waals surface area contributed by atoms with E-state index in [2.05, 4.69) is 36.1 Å². The Kier molecular flexibility index (Phi) is 5.36. The Morgan fingerprint density at radius 1 is 1.32 bits per heavy atom. The molecule has 146 valence electrons. The molecule has 0 aliphatic carbocycles. The molecule has 0 saturated carbocycles. The number of rotatable bonds is 5. The average Bonchev–Trinajstić information content (AvgIpc) is 3.33. The number of hydrogen-bond acceptors (Lipinski definition) is 8. The van der Waals surface area contributed by atoms with Gasteiger partial charge in [0.1, 0.15) is 16.6 Å². The normalized spacial score (nSPS) is 15.7. The Bertz CT molecular complexity index is 1030. The molecule has 1 fully saturated rings. The summed E-state index contributed by atoms with van der Waals surface area (Å²) in [5.41, 5.74) is 3.78. The lowest BCUT2D eigenvalue weighted by Crippen LogP contribution is -2.44. The highest BCUT2D eigenvalue weighted by Gasteiger charge is 2.18. The highest BCUT2D eigenvalue weighted by Crippen LogP contribution is 2.28. The molecule has 0 amide bonds. The van der Waals surface area contributed by atoms with Crippen LogP contribution >= 0.6 is 11.5 Å². The fourth-order valence-corrected chi connectivity index (χ4v) is 3.95. The maximum atomic E-state index is 4.96. The van der Waals surface area contributed by atoms with Crippen molar-refractivity contribution in [2.24, 2.45) is 4.99 Å². The van der Waals surface area contributed by atoms with Crippen LogP contribution in [-0.4, -0.2) is 58.4 Å². The highest BCUT2D eigenvalue weighted by molar-refractivity contribution is 7.10. The van der Waals surface area contributed by atoms with Crippen LogP contribution in [0.5, 0.6) is 0 Å². The van der Waals surface area contributed by atoms with Gasteiger partial charge in [0.15, 0.2) is 5.65 Å². The average molecular weight is 397 g/mol. The van der Waals surface area contributed by atoms with E-state index in [1.165, 1.54) is 11.5 Å². The first kappa shape index (κ1) is 18.6. The first-order valence-electron chi connectivity index (χ1n) is 9.33. The van der Waals surface area contributed by atoms with Crippen LogP contribution in [0, 0.1) is 6.92 Å². The Morgan fingerprint density at radius 3 is 2.82 bits per heavy atom. The summed E-state index contributed by atoms with van der Waals surface area (Å²) in [6.45, 7) is 7.76. The smallest absolute Gasteiger partial charge is 0.167 e. The van der Waals surface area contributed by atoms with Gasteiger partial charge in [-0.15, -0.1) is 0 Å². The van der Waals surface area contributed by atoms with E-state index in [4.69, 9.17) is 4.98 Å². The number of hydrogen-bond donors (Lipinski definition) is 2. The van der Waals surface area contributed by atoms with Crippen LogP contribution in [0.3, 0.4) is 0 Å². The van der Waals surface area contributed by atoms with Crippen LogP contribution in [0.25, 0.3) is 11.2 Å². The second-order valence-electron chi connectivity index (χ2n) is 6.62. The van der Waals surface area contributed by atoms with E-state index in [1.807, 2.05) is 42.9 Å². The largest absolute Gasteiger partial charge is 0.354 e. The molecule has 0 aromatic carbocycles. The maximum Gasteiger partial charge on any atom is 0.167 e. The van der Waals surface area contributed by atoms with Crippen molar-refractivity contribution in [3.05, 3.63) is 35.7 Å². The Hall–Kier alpha value is -2.78. The quantitative estimate of drug-likeness (QED) is 0.646. The van der Waals surface area contributed by atoms with Crippen molar-refractivity contribution in [2.75, 3.05) is 43.4 Å². The van der Waals surface area contributed by atoms with Gasteiger partial charge in [-0.2, -0.15) is 14.0 Å². The van der Waals surface area contributed by atoms with E-state index < -0.39 is 0 Å². The molecule has 3 aromatic heterocycles. The van der Waals surface area contributed by atoms with Gasteiger partial charge < -0.3 is 15.5 Å². The number of nitrogens with zero attached hydrogens (tertiary/aromatic N) is 6. The minimum Gasteiger partial charge on any atom is -0.354 e. The summed E-state index contributed by atoms with van der Waals surface area (Å²) in [5, 5.41) is 12.4. The SMILES string of the molecule is C/C=C(\C=NC)c1cnn2c(Nc3cc(C)ns3)cc(N3CCNCC3)nc12. The molecule has 4 rings (SSSR count). The lowest BCUT2D eigenvalue weighted by atomic mass is 10.1. The van der Waals surface area contributed by atoms with Gasteiger partial charge in [0.25, 0.3) is 0 Å². The number of allylic oxidation sites excluding steroid dienone is 2. The molecule has 3 aromatic rings. The van der Waals surface area contributed by atoms with Crippen LogP contribution in [-0.2, 0) is 0 Å². The third kappa shape index (κ3) is 3.63. The third-order valence-electron chi connectivity index (χ3n) is 4.67. The van der Waals surface area contributed by atoms with Gasteiger partial charge in [-0.1, -0.05) is 6.08 Å². The summed E-state index contributed by atoms with van der Waals surface area (Å²) in [6.07, 6.45) is 5.72. The van der Waals surface area contributed by atoms with Gasteiger partial charge in [0.05, 0.1) is 11.9 Å². The molecule has 8 nitrogen and oxygen atoms in total. The predicted octanol–water partition coefficient (Wildman–Crippen LogP) is 2.75. The molecule has 1 saturated heterocycles. The molecule has 0 spiro atoms. The number of nitrogens with one attached hydrogen (secondary N) is 2. The fraction of sp³-hybridized carbons (Fsp3) is 0.368. The van der Waals surface area contributed by atoms with Gasteiger partial charge in [-0.25, -0.2) is 4.98 Å². The lowest BCUT2D eigenvalue weighted by molar-refractivity contribution is 0.585. The summed E-state index contributed by atoms with van der Waals surface area (Å²) in [6, 6.07) is 4.10. The van der Waals surface area contributed by atoms with E-state index in [1.54, 1.807) is 7.05 Å². The van der Waals surface area contributed by atoms with Crippen molar-refractivity contribution in [3.8, 4) is 0 Å². The Labute approximate surface area is 168 Å². The molecular formula is C19H24N8S. The number of aliphatic imine (C=N–C) groups is 1. The molecule has 28 heavy (non-hydrogen) atoms. The molecule has 9 heteroatoms. The number of piperazine rings is 1. The minimum atomic E-state index is 0.813. The maximum absolute atomic E-state index is 4.96. The van der Waals surface area contributed by atoms with E-state index in [9.17, 15) is 0 Å². The van der Waals surface area contributed by atoms with Crippen molar-refractivity contribution in [1.29, 1.82) is 0 Å². The summed E-state index contributed by atoms with van der Waals surface area (Å²) in [5.74, 6) is 1.82. The summed E-state index contributed by atoms with van der Waals surface area (Å²) < 4.78 is 6.22. The van der Waals surface area contributed by atoms with Gasteiger partial charge in [-0.3, -0.25) is 4.99 Å². The monoisotopic (exact) mass is 396 g/mol. The first-order valence-corrected chi connectivity index (χ1v) is 10.1. The van der Waals surface area contributed by atoms with Crippen molar-refractivity contribution >= 4 is 45.6 Å². The van der Waals surface area contributed by atoms with Crippen molar-refractivity contribution in [1.82, 2.24) is 24.3 Å². The van der Waals surface area contributed by atoms with Crippen LogP contribution in [0.4, 0.5) is 16.6 Å². The molecule has 0 unspecified atom stereocenters. The summed E-state index contributed by atoms with van der Waals surface area (Å²) in [4.78, 5) is 11.4. The van der Waals surface area contributed by atoms with E-state index in [0.717, 1.165) is 65.3 Å². The van der Waals surface area contributed by atoms with Gasteiger partial charge in [-0.05, 0) is 31.4 Å². The minimum absolute atomic E-state index is 0.813. The lowest BCUT2D eigenvalue weighted by Gasteiger charge is -2.28. The van der Waals surface area contributed by atoms with Crippen molar-refractivity contribution in [3.63, 3.8) is 0 Å². The molecule has 4 heterocycles. The number of anilines is 3. The summed E-state index contributed by atoms with van der Waals surface area (Å²) in [7, 11) is 1.77. The second-order valence-corrected chi connectivity index (χ2v) is 7.42. The second kappa shape index (κ2) is 8.07. The van der Waals surface area contributed by atoms with Crippen LogP contribution in [0.15, 0.2) is 29.4 Å². The number of fused-ring (bicyclic) bond motifs is 1. The van der Waals surface area contributed by atoms with Crippen LogP contribution in [0.2, 0.25) is 0 Å². The molecule has 0 bridgehead atoms. The Morgan fingerprint density at radius 2 is 2.14 bits per heavy atom. The van der Waals surface area contributed by atoms with Gasteiger partial charge in [0, 0.05) is 56.6 Å². The van der Waals surface area contributed by atoms with Gasteiger partial charge in [0.2, 0.25) is 0 Å². The Balaban J connectivity index is 1.84. The van der Waals surface area contributed by atoms with Crippen LogP contribution in [0.1, 0.15) is 18.2 Å². The van der Waals surface area contributed by atoms with E-state index in [0.29, 0.717) is 0 Å². The third-order valence-corrected chi connectivity index (χ3v) is 5.46. The number of aryl methyl sites for hydroxylation is 1. The molecule has 0 atom stereocenters. The topological polar surface area (TPSA) is 82.7 Å². The predicted molar refractivity (Wildman–Crippen MR) is 116 cm³/mol. The summed E-state index contributed by atoms with van der Waals surface area (Å²) >= 11 is 1.44. The zero-order valence-electron chi connectivity index (χ0n) is 16.3. The van der Waals surface area contributed by atoms with Crippen molar-refractivity contribution in [2.45, 2.75) is 13.8 Å². The zero-order chi connectivity index (χ0) is 19.5. The van der Waals surface area contributed by atoms with Gasteiger partial charge >= 0.3 is 0 Å². The zero-order valence-corrected chi connectivity index (χ0v) is 17.1. The highest BCUT2D eigenvalue weighted by atomic mass is 32.1. The first-order chi connectivity index (χ1) is 13.7. The standard InChI is InChI=1S/C19H24N8S/c1-4-14(11-20-3)15-12-22-27-17(23-18-9-13(2)25-28-18)10-16(24-19(15)27)26-7-5-21-6-8-26/h4,9-12,21,23H,5-8H2,1-3H3/b14-4+,20-11?. The van der Waals surface area contributed by atoms with E-state index >= 15 is 0 Å². The van der Waals surface area contributed by atoms with Crippen molar-refractivity contribution < 1.29 is 0 Å². The molecule has 0 radical (unpaired) electrons. The molecule has 1 aliphatic heterocycles. The van der Waals surface area contributed by atoms with Crippen LogP contribution < -0.4 is 15.5 Å². The van der Waals surface area contributed by atoms with E-state index in [-0.39, 0.29) is 0 Å². The number of aromatic nitrogens is 4.